The van der Waals surface area contributed by atoms with Crippen molar-refractivity contribution in [3.63, 3.8) is 0 Å². The van der Waals surface area contributed by atoms with Gasteiger partial charge in [-0.3, -0.25) is 0 Å². The Kier molecular flexibility index (Phi) is 6.82. The van der Waals surface area contributed by atoms with Gasteiger partial charge in [0.05, 0.1) is 0 Å². The second-order valence-electron chi connectivity index (χ2n) is 4.66. The lowest BCUT2D eigenvalue weighted by Crippen LogP contribution is -2.28. The van der Waals surface area contributed by atoms with Crippen LogP contribution in [0.5, 0.6) is 0 Å². The molecule has 0 saturated carbocycles. The fourth-order valence-electron chi connectivity index (χ4n) is 1.21. The first kappa shape index (κ1) is 15.0. The summed E-state index contributed by atoms with van der Waals surface area (Å²) < 4.78 is 0. The average Bonchev–Trinajstić information content (AvgIpc) is 2.21. The molecule has 0 bridgehead atoms. The third kappa shape index (κ3) is 6.46. The van der Waals surface area contributed by atoms with Crippen LogP contribution < -0.4 is 0 Å². The zero-order chi connectivity index (χ0) is 12.7. The lowest BCUT2D eigenvalue weighted by Gasteiger charge is -2.23. The maximum atomic E-state index is 8.94. The van der Waals surface area contributed by atoms with Crippen molar-refractivity contribution < 1.29 is 5.11 Å². The molecule has 0 saturated heterocycles. The van der Waals surface area contributed by atoms with Gasteiger partial charge in [-0.25, -0.2) is 0 Å². The summed E-state index contributed by atoms with van der Waals surface area (Å²) in [6, 6.07) is 0.577. The average molecular weight is 223 g/mol. The quantitative estimate of drug-likeness (QED) is 0.527. The summed E-state index contributed by atoms with van der Waals surface area (Å²) >= 11 is 0. The summed E-state index contributed by atoms with van der Waals surface area (Å²) in [5, 5.41) is 8.94. The summed E-state index contributed by atoms with van der Waals surface area (Å²) in [6.07, 6.45) is 4.50. The van der Waals surface area contributed by atoms with Crippen molar-refractivity contribution in [3.05, 3.63) is 36.6 Å². The Hall–Kier alpha value is -1.02. The molecule has 1 atom stereocenters. The van der Waals surface area contributed by atoms with Crippen LogP contribution in [-0.2, 0) is 0 Å². The van der Waals surface area contributed by atoms with E-state index in [2.05, 4.69) is 45.9 Å². The van der Waals surface area contributed by atoms with E-state index in [4.69, 9.17) is 5.11 Å². The first-order valence-corrected chi connectivity index (χ1v) is 5.79. The van der Waals surface area contributed by atoms with Crippen LogP contribution in [0.25, 0.3) is 0 Å². The van der Waals surface area contributed by atoms with Gasteiger partial charge in [0.15, 0.2) is 0 Å². The number of rotatable bonds is 7. The Labute approximate surface area is 100.0 Å². The highest BCUT2D eigenvalue weighted by Gasteiger charge is 2.08. The van der Waals surface area contributed by atoms with Crippen molar-refractivity contribution in [3.8, 4) is 0 Å². The molecule has 0 radical (unpaired) electrons. The van der Waals surface area contributed by atoms with Crippen LogP contribution in [0.4, 0.5) is 0 Å². The summed E-state index contributed by atoms with van der Waals surface area (Å²) in [5.74, 6) is 0.504. The number of aliphatic hydroxyl groups excluding tert-OH is 1. The predicted molar refractivity (Wildman–Crippen MR) is 71.6 cm³/mol. The molecule has 0 aliphatic rings. The Morgan fingerprint density at radius 1 is 1.25 bits per heavy atom. The molecule has 2 heteroatoms. The molecule has 0 aliphatic carbocycles. The molecule has 2 nitrogen and oxygen atoms in total. The van der Waals surface area contributed by atoms with Crippen LogP contribution in [0.1, 0.15) is 27.2 Å². The third-order valence-corrected chi connectivity index (χ3v) is 2.92. The standard InChI is InChI=1S/C14H25NO/c1-11(2)15(6)10-9-13(4)12(3)7-8-14(5)16/h7-8,11,13,16H,3,5,9-10H2,1-2,4,6H3/b8-7-. The van der Waals surface area contributed by atoms with E-state index in [1.54, 1.807) is 6.08 Å². The van der Waals surface area contributed by atoms with Crippen molar-refractivity contribution in [1.82, 2.24) is 4.90 Å². The van der Waals surface area contributed by atoms with Gasteiger partial charge in [-0.1, -0.05) is 31.7 Å². The van der Waals surface area contributed by atoms with Crippen molar-refractivity contribution in [2.24, 2.45) is 5.92 Å². The maximum absolute atomic E-state index is 8.94. The zero-order valence-corrected chi connectivity index (χ0v) is 11.0. The Morgan fingerprint density at radius 3 is 2.25 bits per heavy atom. The lowest BCUT2D eigenvalue weighted by molar-refractivity contribution is 0.260. The first-order chi connectivity index (χ1) is 7.34. The van der Waals surface area contributed by atoms with Gasteiger partial charge in [0, 0.05) is 6.04 Å². The number of hydrogen-bond acceptors (Lipinski definition) is 2. The summed E-state index contributed by atoms with van der Waals surface area (Å²) in [6.45, 7) is 15.0. The van der Waals surface area contributed by atoms with Crippen LogP contribution >= 0.6 is 0 Å². The lowest BCUT2D eigenvalue weighted by atomic mass is 9.98. The van der Waals surface area contributed by atoms with Gasteiger partial charge in [0.1, 0.15) is 5.76 Å². The van der Waals surface area contributed by atoms with E-state index < -0.39 is 0 Å². The minimum atomic E-state index is 0.0765. The number of aliphatic hydroxyl groups is 1. The Balaban J connectivity index is 4.02. The molecule has 0 amide bonds. The van der Waals surface area contributed by atoms with Crippen LogP contribution in [0.2, 0.25) is 0 Å². The molecule has 0 aromatic heterocycles. The highest BCUT2D eigenvalue weighted by molar-refractivity contribution is 5.22. The van der Waals surface area contributed by atoms with Gasteiger partial charge < -0.3 is 10.0 Å². The molecule has 0 fully saturated rings. The van der Waals surface area contributed by atoms with E-state index in [0.717, 1.165) is 18.5 Å². The molecule has 92 valence electrons. The second kappa shape index (κ2) is 7.29. The fraction of sp³-hybridized carbons (Fsp3) is 0.571. The second-order valence-corrected chi connectivity index (χ2v) is 4.66. The summed E-state index contributed by atoms with van der Waals surface area (Å²) in [5.41, 5.74) is 1.03. The number of nitrogens with zero attached hydrogens (tertiary/aromatic N) is 1. The molecule has 0 spiro atoms. The maximum Gasteiger partial charge on any atom is 0.108 e. The predicted octanol–water partition coefficient (Wildman–Crippen LogP) is 3.54. The molecule has 0 rings (SSSR count). The molecule has 0 aliphatic heterocycles. The van der Waals surface area contributed by atoms with Crippen LogP contribution in [0.15, 0.2) is 36.6 Å². The minimum Gasteiger partial charge on any atom is -0.509 e. The minimum absolute atomic E-state index is 0.0765. The van der Waals surface area contributed by atoms with E-state index in [9.17, 15) is 0 Å². The van der Waals surface area contributed by atoms with Crippen LogP contribution in [0.3, 0.4) is 0 Å². The monoisotopic (exact) mass is 223 g/mol. The van der Waals surface area contributed by atoms with E-state index in [1.165, 1.54) is 0 Å². The Bertz CT molecular complexity index is 266. The Morgan fingerprint density at radius 2 is 1.81 bits per heavy atom. The molecule has 1 unspecified atom stereocenters. The van der Waals surface area contributed by atoms with Crippen molar-refractivity contribution >= 4 is 0 Å². The van der Waals surface area contributed by atoms with Gasteiger partial charge in [-0.05, 0) is 45.9 Å². The van der Waals surface area contributed by atoms with Gasteiger partial charge in [-0.15, -0.1) is 0 Å². The van der Waals surface area contributed by atoms with E-state index in [1.807, 2.05) is 6.08 Å². The largest absolute Gasteiger partial charge is 0.509 e. The smallest absolute Gasteiger partial charge is 0.108 e. The van der Waals surface area contributed by atoms with E-state index in [0.29, 0.717) is 12.0 Å². The van der Waals surface area contributed by atoms with E-state index in [-0.39, 0.29) is 5.76 Å². The first-order valence-electron chi connectivity index (χ1n) is 5.79. The SMILES string of the molecule is C=C(O)/C=C\C(=C)C(C)CCN(C)C(C)C. The summed E-state index contributed by atoms with van der Waals surface area (Å²) in [7, 11) is 2.13. The van der Waals surface area contributed by atoms with Crippen molar-refractivity contribution in [2.45, 2.75) is 33.2 Å². The fourth-order valence-corrected chi connectivity index (χ4v) is 1.21. The molecule has 0 heterocycles. The highest BCUT2D eigenvalue weighted by atomic mass is 16.3. The van der Waals surface area contributed by atoms with Crippen molar-refractivity contribution in [1.29, 1.82) is 0 Å². The number of allylic oxidation sites excluding steroid dienone is 3. The molecule has 0 aromatic rings. The van der Waals surface area contributed by atoms with Gasteiger partial charge in [-0.2, -0.15) is 0 Å². The molecule has 1 N–H and O–H groups in total. The molecular formula is C14H25NO. The van der Waals surface area contributed by atoms with Gasteiger partial charge >= 0.3 is 0 Å². The molecule has 16 heavy (non-hydrogen) atoms. The number of hydrogen-bond donors (Lipinski definition) is 1. The topological polar surface area (TPSA) is 23.5 Å². The summed E-state index contributed by atoms with van der Waals surface area (Å²) in [4.78, 5) is 2.32. The highest BCUT2D eigenvalue weighted by Crippen LogP contribution is 2.15. The van der Waals surface area contributed by atoms with Crippen LogP contribution in [0, 0.1) is 5.92 Å². The van der Waals surface area contributed by atoms with Gasteiger partial charge in [0.25, 0.3) is 0 Å². The van der Waals surface area contributed by atoms with Gasteiger partial charge in [0.2, 0.25) is 0 Å². The zero-order valence-electron chi connectivity index (χ0n) is 11.0. The normalized spacial score (nSPS) is 13.6. The van der Waals surface area contributed by atoms with Crippen molar-refractivity contribution in [2.75, 3.05) is 13.6 Å². The third-order valence-electron chi connectivity index (χ3n) is 2.92. The molecule has 0 aromatic carbocycles. The van der Waals surface area contributed by atoms with E-state index >= 15 is 0 Å². The molecular weight excluding hydrogens is 198 g/mol. The van der Waals surface area contributed by atoms with Crippen LogP contribution in [-0.4, -0.2) is 29.6 Å².